The first kappa shape index (κ1) is 13.4. The molecule has 0 saturated heterocycles. The van der Waals surface area contributed by atoms with Crippen LogP contribution in [0.3, 0.4) is 0 Å². The van der Waals surface area contributed by atoms with Crippen molar-refractivity contribution in [2.75, 3.05) is 0 Å². The van der Waals surface area contributed by atoms with Crippen molar-refractivity contribution in [3.8, 4) is 0 Å². The Bertz CT molecular complexity index is 412. The van der Waals surface area contributed by atoms with Crippen molar-refractivity contribution in [3.63, 3.8) is 0 Å². The minimum atomic E-state index is -1.50. The fraction of sp³-hybridized carbons (Fsp3) is 0.385. The van der Waals surface area contributed by atoms with Crippen LogP contribution >= 0.6 is 0 Å². The minimum Gasteiger partial charge on any atom is -0.479 e. The van der Waals surface area contributed by atoms with Crippen LogP contribution in [0.2, 0.25) is 0 Å². The number of carbonyl (C=O) groups is 2. The van der Waals surface area contributed by atoms with Crippen LogP contribution in [0.4, 0.5) is 0 Å². The Labute approximate surface area is 99.9 Å². The highest BCUT2D eigenvalue weighted by Gasteiger charge is 2.20. The molecule has 0 aromatic heterocycles. The summed E-state index contributed by atoms with van der Waals surface area (Å²) in [7, 11) is 0. The summed E-state index contributed by atoms with van der Waals surface area (Å²) in [6.45, 7) is 1.90. The van der Waals surface area contributed by atoms with E-state index in [1.807, 2.05) is 13.0 Å². The lowest BCUT2D eigenvalue weighted by molar-refractivity contribution is -0.147. The molecule has 0 amide bonds. The van der Waals surface area contributed by atoms with Crippen molar-refractivity contribution in [2.24, 2.45) is 0 Å². The zero-order valence-corrected chi connectivity index (χ0v) is 9.72. The molecule has 1 aromatic rings. The van der Waals surface area contributed by atoms with E-state index < -0.39 is 12.1 Å². The van der Waals surface area contributed by atoms with Gasteiger partial charge in [0, 0.05) is 6.42 Å². The number of aliphatic hydroxyl groups is 1. The van der Waals surface area contributed by atoms with Gasteiger partial charge in [-0.05, 0) is 29.5 Å². The lowest BCUT2D eigenvalue weighted by Crippen LogP contribution is -2.13. The van der Waals surface area contributed by atoms with Gasteiger partial charge in [0.15, 0.2) is 6.10 Å². The molecule has 1 atom stereocenters. The van der Waals surface area contributed by atoms with Crippen molar-refractivity contribution in [2.45, 2.75) is 32.3 Å². The maximum Gasteiger partial charge on any atom is 0.337 e. The Kier molecular flexibility index (Phi) is 4.84. The van der Waals surface area contributed by atoms with E-state index in [2.05, 4.69) is 0 Å². The lowest BCUT2D eigenvalue weighted by Gasteiger charge is -2.15. The Morgan fingerprint density at radius 1 is 1.47 bits per heavy atom. The van der Waals surface area contributed by atoms with E-state index in [9.17, 15) is 14.7 Å². The normalized spacial score (nSPS) is 12.1. The number of aliphatic carboxylic acids is 1. The van der Waals surface area contributed by atoms with E-state index in [0.29, 0.717) is 24.8 Å². The Morgan fingerprint density at radius 3 is 2.71 bits per heavy atom. The fourth-order valence-corrected chi connectivity index (χ4v) is 1.92. The van der Waals surface area contributed by atoms with Crippen LogP contribution in [-0.4, -0.2) is 22.5 Å². The summed E-state index contributed by atoms with van der Waals surface area (Å²) in [5.41, 5.74) is 2.17. The van der Waals surface area contributed by atoms with Gasteiger partial charge in [-0.3, -0.25) is 0 Å². The van der Waals surface area contributed by atoms with Crippen LogP contribution < -0.4 is 0 Å². The van der Waals surface area contributed by atoms with Gasteiger partial charge in [0.05, 0.1) is 0 Å². The number of hydrogen-bond acceptors (Lipinski definition) is 3. The predicted molar refractivity (Wildman–Crippen MR) is 62.8 cm³/mol. The van der Waals surface area contributed by atoms with Gasteiger partial charge in [0.25, 0.3) is 0 Å². The molecule has 0 spiro atoms. The average Bonchev–Trinajstić information content (AvgIpc) is 2.34. The molecule has 0 radical (unpaired) electrons. The van der Waals surface area contributed by atoms with E-state index in [0.717, 1.165) is 17.4 Å². The molecule has 0 bridgehead atoms. The number of rotatable bonds is 6. The number of hydrogen-bond donors (Lipinski definition) is 2. The van der Waals surface area contributed by atoms with Crippen LogP contribution in [0.1, 0.15) is 36.1 Å². The van der Waals surface area contributed by atoms with Crippen LogP contribution in [0.25, 0.3) is 0 Å². The zero-order chi connectivity index (χ0) is 12.8. The predicted octanol–water partition coefficient (Wildman–Crippen LogP) is 1.50. The minimum absolute atomic E-state index is 0.402. The molecule has 1 aromatic carbocycles. The molecule has 0 aliphatic heterocycles. The van der Waals surface area contributed by atoms with Crippen LogP contribution in [0.15, 0.2) is 18.2 Å². The third-order valence-electron chi connectivity index (χ3n) is 2.72. The second kappa shape index (κ2) is 6.15. The molecule has 0 aliphatic carbocycles. The van der Waals surface area contributed by atoms with Gasteiger partial charge in [-0.15, -0.1) is 0 Å². The fourth-order valence-electron chi connectivity index (χ4n) is 1.92. The highest BCUT2D eigenvalue weighted by atomic mass is 16.4. The van der Waals surface area contributed by atoms with Crippen molar-refractivity contribution in [1.29, 1.82) is 0 Å². The molecule has 0 heterocycles. The average molecular weight is 236 g/mol. The van der Waals surface area contributed by atoms with Crippen molar-refractivity contribution >= 4 is 12.3 Å². The number of carboxylic acid groups (broad SMARTS) is 1. The van der Waals surface area contributed by atoms with Gasteiger partial charge < -0.3 is 15.0 Å². The molecule has 0 fully saturated rings. The SMILES string of the molecule is CCc1c(CCC=O)cccc1C(O)C(=O)O. The number of carboxylic acids is 1. The molecule has 0 saturated carbocycles. The van der Waals surface area contributed by atoms with Crippen LogP contribution in [0, 0.1) is 0 Å². The number of aldehydes is 1. The molecule has 0 aliphatic rings. The smallest absolute Gasteiger partial charge is 0.337 e. The third-order valence-corrected chi connectivity index (χ3v) is 2.72. The highest BCUT2D eigenvalue weighted by Crippen LogP contribution is 2.23. The van der Waals surface area contributed by atoms with Crippen molar-refractivity contribution < 1.29 is 19.8 Å². The lowest BCUT2D eigenvalue weighted by atomic mass is 9.93. The Morgan fingerprint density at radius 2 is 2.18 bits per heavy atom. The Balaban J connectivity index is 3.13. The summed E-state index contributed by atoms with van der Waals surface area (Å²) in [4.78, 5) is 21.1. The molecule has 1 unspecified atom stereocenters. The maximum absolute atomic E-state index is 10.8. The summed E-state index contributed by atoms with van der Waals surface area (Å²) in [5, 5.41) is 18.4. The van der Waals surface area contributed by atoms with Gasteiger partial charge >= 0.3 is 5.97 Å². The standard InChI is InChI=1S/C13H16O4/c1-2-10-9(6-4-8-14)5-3-7-11(10)12(15)13(16)17/h3,5,7-8,12,15H,2,4,6H2,1H3,(H,16,17). The molecule has 1 rings (SSSR count). The number of carbonyl (C=O) groups excluding carboxylic acids is 1. The molecule has 17 heavy (non-hydrogen) atoms. The van der Waals surface area contributed by atoms with Gasteiger partial charge in [-0.25, -0.2) is 4.79 Å². The second-order valence-electron chi connectivity index (χ2n) is 3.78. The molecular formula is C13H16O4. The van der Waals surface area contributed by atoms with Crippen LogP contribution in [-0.2, 0) is 22.4 Å². The van der Waals surface area contributed by atoms with E-state index in [4.69, 9.17) is 5.11 Å². The first-order valence-corrected chi connectivity index (χ1v) is 5.57. The van der Waals surface area contributed by atoms with Crippen molar-refractivity contribution in [3.05, 3.63) is 34.9 Å². The van der Waals surface area contributed by atoms with Crippen molar-refractivity contribution in [1.82, 2.24) is 0 Å². The molecule has 2 N–H and O–H groups in total. The topological polar surface area (TPSA) is 74.6 Å². The summed E-state index contributed by atoms with van der Waals surface area (Å²) < 4.78 is 0. The largest absolute Gasteiger partial charge is 0.479 e. The van der Waals surface area contributed by atoms with Gasteiger partial charge in [0.1, 0.15) is 6.29 Å². The Hall–Kier alpha value is -1.68. The molecule has 92 valence electrons. The monoisotopic (exact) mass is 236 g/mol. The number of benzene rings is 1. The second-order valence-corrected chi connectivity index (χ2v) is 3.78. The maximum atomic E-state index is 10.8. The van der Waals surface area contributed by atoms with Crippen LogP contribution in [0.5, 0.6) is 0 Å². The zero-order valence-electron chi connectivity index (χ0n) is 9.72. The molecular weight excluding hydrogens is 220 g/mol. The first-order valence-electron chi connectivity index (χ1n) is 5.57. The van der Waals surface area contributed by atoms with E-state index in [1.54, 1.807) is 12.1 Å². The quantitative estimate of drug-likeness (QED) is 0.734. The van der Waals surface area contributed by atoms with Gasteiger partial charge in [0.2, 0.25) is 0 Å². The van der Waals surface area contributed by atoms with E-state index >= 15 is 0 Å². The first-order chi connectivity index (χ1) is 8.11. The summed E-state index contributed by atoms with van der Waals surface area (Å²) in [6.07, 6.45) is 0.946. The molecule has 4 heteroatoms. The van der Waals surface area contributed by atoms with E-state index in [1.165, 1.54) is 0 Å². The summed E-state index contributed by atoms with van der Waals surface area (Å²) >= 11 is 0. The van der Waals surface area contributed by atoms with E-state index in [-0.39, 0.29) is 0 Å². The summed E-state index contributed by atoms with van der Waals surface area (Å²) in [5.74, 6) is -1.26. The van der Waals surface area contributed by atoms with Gasteiger partial charge in [-0.1, -0.05) is 25.1 Å². The van der Waals surface area contributed by atoms with Gasteiger partial charge in [-0.2, -0.15) is 0 Å². The number of aliphatic hydroxyl groups excluding tert-OH is 1. The highest BCUT2D eigenvalue weighted by molar-refractivity contribution is 5.74. The third kappa shape index (κ3) is 3.14. The molecule has 4 nitrogen and oxygen atoms in total. The summed E-state index contributed by atoms with van der Waals surface area (Å²) in [6, 6.07) is 5.18. The number of aryl methyl sites for hydroxylation is 1.